The summed E-state index contributed by atoms with van der Waals surface area (Å²) in [5, 5.41) is 9.08. The molecule has 1 N–H and O–H groups in total. The number of hydrogen-bond acceptors (Lipinski definition) is 2. The van der Waals surface area contributed by atoms with E-state index in [0.29, 0.717) is 0 Å². The molecule has 1 unspecified atom stereocenters. The Hall–Kier alpha value is -0.730. The van der Waals surface area contributed by atoms with Crippen molar-refractivity contribution in [3.8, 4) is 0 Å². The Morgan fingerprint density at radius 1 is 1.42 bits per heavy atom. The topological polar surface area (TPSA) is 20.2 Å². The van der Waals surface area contributed by atoms with Gasteiger partial charge in [-0.2, -0.15) is 0 Å². The second-order valence-corrected chi connectivity index (χ2v) is 3.88. The van der Waals surface area contributed by atoms with Gasteiger partial charge < -0.3 is 5.11 Å². The van der Waals surface area contributed by atoms with Gasteiger partial charge in [0.15, 0.2) is 0 Å². The van der Waals surface area contributed by atoms with Gasteiger partial charge in [-0.15, -0.1) is 0 Å². The summed E-state index contributed by atoms with van der Waals surface area (Å²) in [5.74, 6) is 0. The smallest absolute Gasteiger partial charge is 0.101 e. The molecule has 0 fully saturated rings. The van der Waals surface area contributed by atoms with E-state index < -0.39 is 0 Å². The summed E-state index contributed by atoms with van der Waals surface area (Å²) < 4.78 is 0. The summed E-state index contributed by atoms with van der Waals surface area (Å²) in [6.45, 7) is 5.42. The average molecular weight is 180 g/mol. The lowest BCUT2D eigenvalue weighted by Gasteiger charge is -2.03. The van der Waals surface area contributed by atoms with Crippen molar-refractivity contribution in [3.63, 3.8) is 0 Å². The summed E-state index contributed by atoms with van der Waals surface area (Å²) in [4.78, 5) is 1.08. The van der Waals surface area contributed by atoms with Gasteiger partial charge >= 0.3 is 0 Å². The third-order valence-electron chi connectivity index (χ3n) is 1.42. The molecule has 0 aliphatic rings. The van der Waals surface area contributed by atoms with Crippen molar-refractivity contribution in [2.45, 2.75) is 17.3 Å². The number of hydrogen-bond donors (Lipinski definition) is 1. The Kier molecular flexibility index (Phi) is 3.38. The van der Waals surface area contributed by atoms with Gasteiger partial charge in [-0.1, -0.05) is 36.5 Å². The van der Waals surface area contributed by atoms with Gasteiger partial charge in [0.05, 0.1) is 0 Å². The molecule has 1 aromatic rings. The Bertz CT molecular complexity index is 251. The maximum Gasteiger partial charge on any atom is 0.101 e. The normalized spacial score (nSPS) is 12.5. The third kappa shape index (κ3) is 2.72. The molecular formula is C10H12OS. The Morgan fingerprint density at radius 3 is 2.42 bits per heavy atom. The van der Waals surface area contributed by atoms with E-state index in [2.05, 4.69) is 6.58 Å². The van der Waals surface area contributed by atoms with Crippen molar-refractivity contribution in [3.05, 3.63) is 36.4 Å². The lowest BCUT2D eigenvalue weighted by atomic mass is 10.2. The Balaban J connectivity index is 2.71. The van der Waals surface area contributed by atoms with Crippen LogP contribution in [-0.2, 0) is 0 Å². The average Bonchev–Trinajstić information content (AvgIpc) is 2.05. The predicted molar refractivity (Wildman–Crippen MR) is 54.1 cm³/mol. The molecule has 1 nitrogen and oxygen atoms in total. The highest BCUT2D eigenvalue weighted by atomic mass is 32.2. The first kappa shape index (κ1) is 9.36. The first-order chi connectivity index (χ1) is 5.72. The van der Waals surface area contributed by atoms with Crippen molar-refractivity contribution < 1.29 is 5.11 Å². The lowest BCUT2D eigenvalue weighted by molar-refractivity contribution is 0.284. The van der Waals surface area contributed by atoms with Crippen molar-refractivity contribution in [2.24, 2.45) is 0 Å². The first-order valence-electron chi connectivity index (χ1n) is 3.79. The van der Waals surface area contributed by atoms with Gasteiger partial charge in [0.2, 0.25) is 0 Å². The lowest BCUT2D eigenvalue weighted by Crippen LogP contribution is -1.90. The molecule has 0 aliphatic heterocycles. The first-order valence-corrected chi connectivity index (χ1v) is 4.67. The van der Waals surface area contributed by atoms with Gasteiger partial charge in [-0.25, -0.2) is 0 Å². The van der Waals surface area contributed by atoms with Crippen LogP contribution in [0.4, 0.5) is 0 Å². The Labute approximate surface area is 77.1 Å². The summed E-state index contributed by atoms with van der Waals surface area (Å²) in [5.41, 5.74) is 0.754. The second-order valence-electron chi connectivity index (χ2n) is 2.49. The molecule has 12 heavy (non-hydrogen) atoms. The second kappa shape index (κ2) is 4.33. The summed E-state index contributed by atoms with van der Waals surface area (Å²) in [6, 6.07) is 7.93. The molecule has 0 heterocycles. The molecule has 1 rings (SSSR count). The minimum Gasteiger partial charge on any atom is -0.382 e. The highest BCUT2D eigenvalue weighted by Gasteiger charge is 1.97. The van der Waals surface area contributed by atoms with E-state index in [1.54, 1.807) is 13.0 Å². The fourth-order valence-electron chi connectivity index (χ4n) is 0.879. The summed E-state index contributed by atoms with van der Waals surface area (Å²) >= 11 is 1.44. The number of thioether (sulfide) groups is 1. The summed E-state index contributed by atoms with van der Waals surface area (Å²) in [6.07, 6.45) is 1.80. The summed E-state index contributed by atoms with van der Waals surface area (Å²) in [7, 11) is 0. The van der Waals surface area contributed by atoms with Gasteiger partial charge in [-0.3, -0.25) is 0 Å². The highest BCUT2D eigenvalue weighted by Crippen LogP contribution is 2.21. The molecule has 0 radical (unpaired) electrons. The van der Waals surface area contributed by atoms with E-state index in [1.165, 1.54) is 11.8 Å². The Morgan fingerprint density at radius 2 is 2.00 bits per heavy atom. The fraction of sp³-hybridized carbons (Fsp3) is 0.200. The van der Waals surface area contributed by atoms with Crippen LogP contribution in [0.25, 0.3) is 6.08 Å². The minimum atomic E-state index is -0.348. The number of aliphatic hydroxyl groups is 1. The largest absolute Gasteiger partial charge is 0.382 e. The van der Waals surface area contributed by atoms with E-state index in [4.69, 9.17) is 5.11 Å². The van der Waals surface area contributed by atoms with Gasteiger partial charge in [0, 0.05) is 4.90 Å². The van der Waals surface area contributed by atoms with E-state index in [9.17, 15) is 0 Å². The predicted octanol–water partition coefficient (Wildman–Crippen LogP) is 2.76. The highest BCUT2D eigenvalue weighted by molar-refractivity contribution is 7.99. The standard InChI is InChI=1S/C10H12OS/c1-3-9-4-6-10(7-5-9)12-8(2)11/h3-8,11H,1H2,2H3. The van der Waals surface area contributed by atoms with Gasteiger partial charge in [0.1, 0.15) is 5.44 Å². The quantitative estimate of drug-likeness (QED) is 0.570. The SMILES string of the molecule is C=Cc1ccc(SC(C)O)cc1. The molecule has 0 amide bonds. The molecule has 0 aliphatic carbocycles. The van der Waals surface area contributed by atoms with Crippen LogP contribution in [0.2, 0.25) is 0 Å². The molecule has 64 valence electrons. The van der Waals surface area contributed by atoms with Crippen molar-refractivity contribution >= 4 is 17.8 Å². The van der Waals surface area contributed by atoms with Gasteiger partial charge in [-0.05, 0) is 24.6 Å². The molecular weight excluding hydrogens is 168 g/mol. The van der Waals surface area contributed by atoms with Crippen LogP contribution < -0.4 is 0 Å². The van der Waals surface area contributed by atoms with E-state index in [0.717, 1.165) is 10.5 Å². The van der Waals surface area contributed by atoms with Crippen LogP contribution >= 0.6 is 11.8 Å². The molecule has 0 aromatic heterocycles. The number of aliphatic hydroxyl groups excluding tert-OH is 1. The van der Waals surface area contributed by atoms with Crippen LogP contribution in [0.3, 0.4) is 0 Å². The van der Waals surface area contributed by atoms with Crippen LogP contribution in [0, 0.1) is 0 Å². The fourth-order valence-corrected chi connectivity index (χ4v) is 1.57. The molecule has 0 saturated carbocycles. The van der Waals surface area contributed by atoms with Crippen LogP contribution in [0.15, 0.2) is 35.7 Å². The van der Waals surface area contributed by atoms with Crippen LogP contribution in [0.5, 0.6) is 0 Å². The van der Waals surface area contributed by atoms with E-state index in [1.807, 2.05) is 24.3 Å². The molecule has 0 saturated heterocycles. The van der Waals surface area contributed by atoms with Crippen molar-refractivity contribution in [2.75, 3.05) is 0 Å². The van der Waals surface area contributed by atoms with Crippen molar-refractivity contribution in [1.82, 2.24) is 0 Å². The zero-order valence-electron chi connectivity index (χ0n) is 7.03. The van der Waals surface area contributed by atoms with Crippen molar-refractivity contribution in [1.29, 1.82) is 0 Å². The third-order valence-corrected chi connectivity index (χ3v) is 2.31. The number of rotatable bonds is 3. The van der Waals surface area contributed by atoms with Gasteiger partial charge in [0.25, 0.3) is 0 Å². The van der Waals surface area contributed by atoms with E-state index in [-0.39, 0.29) is 5.44 Å². The molecule has 2 heteroatoms. The molecule has 0 bridgehead atoms. The van der Waals surface area contributed by atoms with Crippen LogP contribution in [-0.4, -0.2) is 10.5 Å². The molecule has 1 atom stereocenters. The molecule has 0 spiro atoms. The minimum absolute atomic E-state index is 0.348. The maximum absolute atomic E-state index is 9.08. The zero-order chi connectivity index (χ0) is 8.97. The van der Waals surface area contributed by atoms with E-state index >= 15 is 0 Å². The monoisotopic (exact) mass is 180 g/mol. The number of benzene rings is 1. The maximum atomic E-state index is 9.08. The molecule has 1 aromatic carbocycles. The zero-order valence-corrected chi connectivity index (χ0v) is 7.84. The van der Waals surface area contributed by atoms with Crippen LogP contribution in [0.1, 0.15) is 12.5 Å².